The molecule has 170 valence electrons. The molecule has 0 unspecified atom stereocenters. The minimum absolute atomic E-state index is 0.0737. The fourth-order valence-corrected chi connectivity index (χ4v) is 3.64. The number of aromatic nitrogens is 1. The van der Waals surface area contributed by atoms with Gasteiger partial charge >= 0.3 is 10.1 Å². The molecule has 1 N–H and O–H groups in total. The molecular weight excluding hydrogens is 452 g/mol. The predicted octanol–water partition coefficient (Wildman–Crippen LogP) is 2.84. The molecule has 11 nitrogen and oxygen atoms in total. The number of nitrogens with one attached hydrogen (secondary N) is 1. The van der Waals surface area contributed by atoms with Crippen LogP contribution in [0.3, 0.4) is 0 Å². The van der Waals surface area contributed by atoms with Gasteiger partial charge in [-0.3, -0.25) is 19.9 Å². The summed E-state index contributed by atoms with van der Waals surface area (Å²) < 4.78 is 35.6. The maximum absolute atomic E-state index is 12.6. The molecule has 0 aliphatic rings. The van der Waals surface area contributed by atoms with E-state index in [1.54, 1.807) is 0 Å². The molecule has 33 heavy (non-hydrogen) atoms. The van der Waals surface area contributed by atoms with Gasteiger partial charge in [-0.1, -0.05) is 6.07 Å². The standard InChI is InChI=1S/C21H18N4O7S/c1-14-3-5-17(12-18(14)25(27)28)33(29,30)32-19-6-4-15(11-20(19)31-2)13-23-24-21(26)16-7-9-22-10-8-16/h3-13H,1-2H3,(H,24,26). The third kappa shape index (κ3) is 5.68. The summed E-state index contributed by atoms with van der Waals surface area (Å²) in [4.78, 5) is 25.9. The zero-order valence-electron chi connectivity index (χ0n) is 17.5. The minimum atomic E-state index is -4.37. The Morgan fingerprint density at radius 3 is 2.52 bits per heavy atom. The SMILES string of the molecule is COc1cc(C=NNC(=O)c2ccncc2)ccc1OS(=O)(=O)c1ccc(C)c([N+](=O)[O-])c1. The monoisotopic (exact) mass is 470 g/mol. The topological polar surface area (TPSA) is 150 Å². The maximum Gasteiger partial charge on any atom is 0.339 e. The third-order valence-electron chi connectivity index (χ3n) is 4.38. The quantitative estimate of drug-likeness (QED) is 0.228. The van der Waals surface area contributed by atoms with Crippen LogP contribution >= 0.6 is 0 Å². The lowest BCUT2D eigenvalue weighted by Crippen LogP contribution is -2.17. The number of pyridine rings is 1. The number of hydrogen-bond acceptors (Lipinski definition) is 9. The molecule has 1 amide bonds. The van der Waals surface area contributed by atoms with E-state index in [0.717, 1.165) is 6.07 Å². The van der Waals surface area contributed by atoms with Gasteiger partial charge < -0.3 is 8.92 Å². The molecule has 12 heteroatoms. The van der Waals surface area contributed by atoms with Crippen molar-refractivity contribution in [2.75, 3.05) is 7.11 Å². The van der Waals surface area contributed by atoms with Gasteiger partial charge in [-0.25, -0.2) is 5.43 Å². The van der Waals surface area contributed by atoms with Crippen LogP contribution in [0.2, 0.25) is 0 Å². The molecule has 1 heterocycles. The molecule has 2 aromatic carbocycles. The van der Waals surface area contributed by atoms with Gasteiger partial charge in [0, 0.05) is 29.6 Å². The Hall–Kier alpha value is -4.32. The summed E-state index contributed by atoms with van der Waals surface area (Å²) in [6, 6.07) is 10.8. The van der Waals surface area contributed by atoms with Gasteiger partial charge in [0.1, 0.15) is 4.90 Å². The molecule has 3 aromatic rings. The summed E-state index contributed by atoms with van der Waals surface area (Å²) in [7, 11) is -3.05. The second kappa shape index (κ2) is 9.87. The fourth-order valence-electron chi connectivity index (χ4n) is 2.67. The van der Waals surface area contributed by atoms with Crippen molar-refractivity contribution >= 4 is 27.9 Å². The summed E-state index contributed by atoms with van der Waals surface area (Å²) in [6.07, 6.45) is 4.29. The number of carbonyl (C=O) groups is 1. The highest BCUT2D eigenvalue weighted by molar-refractivity contribution is 7.87. The number of methoxy groups -OCH3 is 1. The first-order chi connectivity index (χ1) is 15.7. The Balaban J connectivity index is 1.78. The van der Waals surface area contributed by atoms with Crippen molar-refractivity contribution in [3.63, 3.8) is 0 Å². The first kappa shape index (κ1) is 23.3. The van der Waals surface area contributed by atoms with E-state index < -0.39 is 20.9 Å². The van der Waals surface area contributed by atoms with Gasteiger partial charge in [-0.15, -0.1) is 0 Å². The summed E-state index contributed by atoms with van der Waals surface area (Å²) in [5.41, 5.74) is 3.20. The number of hydrogen-bond donors (Lipinski definition) is 1. The summed E-state index contributed by atoms with van der Waals surface area (Å²) >= 11 is 0. The Morgan fingerprint density at radius 2 is 1.85 bits per heavy atom. The summed E-state index contributed by atoms with van der Waals surface area (Å²) in [5, 5.41) is 15.0. The Kier molecular flexibility index (Phi) is 6.98. The number of aryl methyl sites for hydroxylation is 1. The first-order valence-corrected chi connectivity index (χ1v) is 10.7. The average molecular weight is 470 g/mol. The molecule has 0 aliphatic carbocycles. The van der Waals surface area contributed by atoms with Gasteiger partial charge in [0.15, 0.2) is 11.5 Å². The Morgan fingerprint density at radius 1 is 1.12 bits per heavy atom. The van der Waals surface area contributed by atoms with Gasteiger partial charge in [0.05, 0.1) is 18.2 Å². The van der Waals surface area contributed by atoms with Crippen LogP contribution in [0.4, 0.5) is 5.69 Å². The molecule has 0 bridgehead atoms. The van der Waals surface area contributed by atoms with Gasteiger partial charge in [0.25, 0.3) is 11.6 Å². The maximum atomic E-state index is 12.6. The van der Waals surface area contributed by atoms with E-state index in [1.807, 2.05) is 0 Å². The highest BCUT2D eigenvalue weighted by Crippen LogP contribution is 2.31. The number of amides is 1. The van der Waals surface area contributed by atoms with E-state index in [2.05, 4.69) is 15.5 Å². The predicted molar refractivity (Wildman–Crippen MR) is 118 cm³/mol. The molecule has 1 aromatic heterocycles. The van der Waals surface area contributed by atoms with E-state index in [4.69, 9.17) is 8.92 Å². The lowest BCUT2D eigenvalue weighted by atomic mass is 10.2. The van der Waals surface area contributed by atoms with Crippen LogP contribution in [-0.2, 0) is 10.1 Å². The van der Waals surface area contributed by atoms with Crippen molar-refractivity contribution in [1.29, 1.82) is 0 Å². The smallest absolute Gasteiger partial charge is 0.339 e. The van der Waals surface area contributed by atoms with Crippen molar-refractivity contribution < 1.29 is 27.1 Å². The van der Waals surface area contributed by atoms with Crippen LogP contribution < -0.4 is 14.3 Å². The van der Waals surface area contributed by atoms with Crippen LogP contribution in [0.5, 0.6) is 11.5 Å². The van der Waals surface area contributed by atoms with E-state index in [1.165, 1.54) is 75.1 Å². The minimum Gasteiger partial charge on any atom is -0.493 e. The van der Waals surface area contributed by atoms with E-state index in [0.29, 0.717) is 16.7 Å². The number of ether oxygens (including phenoxy) is 1. The zero-order chi connectivity index (χ0) is 24.0. The third-order valence-corrected chi connectivity index (χ3v) is 5.61. The summed E-state index contributed by atoms with van der Waals surface area (Å²) in [5.74, 6) is -0.484. The molecule has 0 fully saturated rings. The van der Waals surface area contributed by atoms with Crippen molar-refractivity contribution in [3.8, 4) is 11.5 Å². The van der Waals surface area contributed by atoms with Gasteiger partial charge in [-0.2, -0.15) is 13.5 Å². The van der Waals surface area contributed by atoms with E-state index in [-0.39, 0.29) is 22.1 Å². The Labute approximate surface area is 189 Å². The molecule has 0 saturated heterocycles. The average Bonchev–Trinajstić information content (AvgIpc) is 2.80. The molecule has 0 radical (unpaired) electrons. The van der Waals surface area contributed by atoms with Crippen molar-refractivity contribution in [3.05, 3.63) is 87.7 Å². The zero-order valence-corrected chi connectivity index (χ0v) is 18.3. The molecule has 0 saturated carbocycles. The highest BCUT2D eigenvalue weighted by Gasteiger charge is 2.23. The summed E-state index contributed by atoms with van der Waals surface area (Å²) in [6.45, 7) is 1.50. The molecule has 3 rings (SSSR count). The van der Waals surface area contributed by atoms with Crippen LogP contribution in [0.15, 0.2) is 70.9 Å². The van der Waals surface area contributed by atoms with Crippen LogP contribution in [0, 0.1) is 17.0 Å². The number of nitrogens with zero attached hydrogens (tertiary/aromatic N) is 3. The highest BCUT2D eigenvalue weighted by atomic mass is 32.2. The second-order valence-electron chi connectivity index (χ2n) is 6.59. The first-order valence-electron chi connectivity index (χ1n) is 9.32. The number of carbonyl (C=O) groups excluding carboxylic acids is 1. The van der Waals surface area contributed by atoms with Crippen LogP contribution in [0.1, 0.15) is 21.5 Å². The Bertz CT molecular complexity index is 1330. The number of rotatable bonds is 8. The molecule has 0 aliphatic heterocycles. The largest absolute Gasteiger partial charge is 0.493 e. The van der Waals surface area contributed by atoms with Crippen molar-refractivity contribution in [1.82, 2.24) is 10.4 Å². The van der Waals surface area contributed by atoms with Crippen molar-refractivity contribution in [2.24, 2.45) is 5.10 Å². The molecule has 0 spiro atoms. The lowest BCUT2D eigenvalue weighted by Gasteiger charge is -2.11. The second-order valence-corrected chi connectivity index (χ2v) is 8.13. The van der Waals surface area contributed by atoms with E-state index >= 15 is 0 Å². The van der Waals surface area contributed by atoms with Gasteiger partial charge in [0.2, 0.25) is 0 Å². The molecule has 0 atom stereocenters. The molecular formula is C21H18N4O7S. The number of benzene rings is 2. The van der Waals surface area contributed by atoms with Crippen molar-refractivity contribution in [2.45, 2.75) is 11.8 Å². The number of nitro benzene ring substituents is 1. The lowest BCUT2D eigenvalue weighted by molar-refractivity contribution is -0.385. The van der Waals surface area contributed by atoms with Crippen LogP contribution in [-0.4, -0.2) is 37.6 Å². The number of hydrazone groups is 1. The number of nitro groups is 1. The van der Waals surface area contributed by atoms with Crippen LogP contribution in [0.25, 0.3) is 0 Å². The van der Waals surface area contributed by atoms with E-state index in [9.17, 15) is 23.3 Å². The van der Waals surface area contributed by atoms with Gasteiger partial charge in [-0.05, 0) is 48.9 Å². The fraction of sp³-hybridized carbons (Fsp3) is 0.0952. The normalized spacial score (nSPS) is 11.2.